The molecule has 0 amide bonds. The molecule has 3 heteroatoms. The average Bonchev–Trinajstić information content (AvgIpc) is 2.20. The molecule has 0 fully saturated rings. The van der Waals surface area contributed by atoms with Crippen LogP contribution in [0, 0.1) is 0 Å². The molecule has 0 aliphatic rings. The van der Waals surface area contributed by atoms with Gasteiger partial charge in [-0.05, 0) is 6.07 Å². The molecule has 2 aromatic heterocycles. The molecule has 2 aromatic rings. The maximum absolute atomic E-state index is 11.2. The van der Waals surface area contributed by atoms with Crippen LogP contribution in [-0.4, -0.2) is 0 Å². The first kappa shape index (κ1) is 7.73. The van der Waals surface area contributed by atoms with Gasteiger partial charge in [0.05, 0.1) is 6.26 Å². The summed E-state index contributed by atoms with van der Waals surface area (Å²) in [7, 11) is 0. The van der Waals surface area contributed by atoms with Gasteiger partial charge in [-0.1, -0.05) is 6.07 Å². The lowest BCUT2D eigenvalue weighted by atomic mass is 10.4. The lowest BCUT2D eigenvalue weighted by molar-refractivity contribution is -0.597. The fourth-order valence-corrected chi connectivity index (χ4v) is 1.11. The molecule has 0 atom stereocenters. The van der Waals surface area contributed by atoms with Gasteiger partial charge in [-0.15, -0.1) is 0 Å². The Hall–Kier alpha value is -1.90. The van der Waals surface area contributed by atoms with Crippen LogP contribution in [0.15, 0.2) is 58.2 Å². The molecule has 0 saturated heterocycles. The Kier molecular flexibility index (Phi) is 1.92. The highest BCUT2D eigenvalue weighted by Crippen LogP contribution is 1.89. The highest BCUT2D eigenvalue weighted by Gasteiger charge is 2.09. The summed E-state index contributed by atoms with van der Waals surface area (Å²) in [6.07, 6.45) is 4.97. The van der Waals surface area contributed by atoms with Crippen molar-refractivity contribution in [1.82, 2.24) is 0 Å². The van der Waals surface area contributed by atoms with Crippen molar-refractivity contribution in [2.45, 2.75) is 0 Å². The number of hydrogen-bond donors (Lipinski definition) is 0. The summed E-state index contributed by atoms with van der Waals surface area (Å²) in [6, 6.07) is 9.00. The van der Waals surface area contributed by atoms with Crippen LogP contribution in [0.1, 0.15) is 0 Å². The number of pyridine rings is 1. The molecule has 64 valence electrons. The van der Waals surface area contributed by atoms with Gasteiger partial charge in [-0.3, -0.25) is 0 Å². The van der Waals surface area contributed by atoms with Crippen LogP contribution in [-0.2, 0) is 0 Å². The first-order valence-electron chi connectivity index (χ1n) is 3.92. The summed E-state index contributed by atoms with van der Waals surface area (Å²) in [5.74, 6) is 0. The quantitative estimate of drug-likeness (QED) is 0.602. The third-order valence-corrected chi connectivity index (χ3v) is 1.71. The molecular formula is C10H8NO2+. The van der Waals surface area contributed by atoms with E-state index in [0.717, 1.165) is 0 Å². The van der Waals surface area contributed by atoms with Gasteiger partial charge in [0, 0.05) is 18.2 Å². The van der Waals surface area contributed by atoms with Crippen molar-refractivity contribution in [3.05, 3.63) is 59.4 Å². The van der Waals surface area contributed by atoms with Crippen LogP contribution in [0.25, 0.3) is 5.69 Å². The maximum atomic E-state index is 11.2. The van der Waals surface area contributed by atoms with Gasteiger partial charge in [0.2, 0.25) is 0 Å². The van der Waals surface area contributed by atoms with Crippen LogP contribution < -0.4 is 10.2 Å². The smallest absolute Gasteiger partial charge is 0.408 e. The lowest BCUT2D eigenvalue weighted by Gasteiger charge is -1.90. The van der Waals surface area contributed by atoms with E-state index in [9.17, 15) is 4.79 Å². The first-order chi connectivity index (χ1) is 6.38. The number of nitrogens with zero attached hydrogens (tertiary/aromatic N) is 1. The van der Waals surface area contributed by atoms with E-state index in [1.165, 1.54) is 6.26 Å². The van der Waals surface area contributed by atoms with Crippen molar-refractivity contribution in [2.75, 3.05) is 0 Å². The molecule has 0 aromatic carbocycles. The Balaban J connectivity index is 2.60. The monoisotopic (exact) mass is 174 g/mol. The van der Waals surface area contributed by atoms with E-state index in [1.807, 2.05) is 18.2 Å². The zero-order valence-corrected chi connectivity index (χ0v) is 6.88. The summed E-state index contributed by atoms with van der Waals surface area (Å²) in [5.41, 5.74) is 0.182. The predicted molar refractivity (Wildman–Crippen MR) is 46.5 cm³/mol. The predicted octanol–water partition coefficient (Wildman–Crippen LogP) is 0.916. The van der Waals surface area contributed by atoms with E-state index >= 15 is 0 Å². The Labute approximate surface area is 74.9 Å². The van der Waals surface area contributed by atoms with Crippen LogP contribution in [0.5, 0.6) is 0 Å². The van der Waals surface area contributed by atoms with Crippen molar-refractivity contribution in [3.63, 3.8) is 0 Å². The Bertz CT molecular complexity index is 448. The molecule has 0 aliphatic carbocycles. The highest BCUT2D eigenvalue weighted by molar-refractivity contribution is 5.14. The van der Waals surface area contributed by atoms with Crippen molar-refractivity contribution < 1.29 is 8.98 Å². The largest absolute Gasteiger partial charge is 0.427 e. The normalized spacial score (nSPS) is 9.85. The van der Waals surface area contributed by atoms with Crippen molar-refractivity contribution in [2.24, 2.45) is 0 Å². The van der Waals surface area contributed by atoms with Crippen LogP contribution in [0.2, 0.25) is 0 Å². The van der Waals surface area contributed by atoms with E-state index in [4.69, 9.17) is 4.42 Å². The van der Waals surface area contributed by atoms with Crippen LogP contribution in [0.4, 0.5) is 0 Å². The molecule has 0 bridgehead atoms. The Morgan fingerprint density at radius 1 is 1.08 bits per heavy atom. The fourth-order valence-electron chi connectivity index (χ4n) is 1.11. The lowest BCUT2D eigenvalue weighted by Crippen LogP contribution is -2.34. The third-order valence-electron chi connectivity index (χ3n) is 1.71. The van der Waals surface area contributed by atoms with E-state index in [0.29, 0.717) is 5.69 Å². The summed E-state index contributed by atoms with van der Waals surface area (Å²) in [6.45, 7) is 0. The number of aromatic nitrogens is 1. The molecule has 2 heterocycles. The molecular weight excluding hydrogens is 166 g/mol. The molecule has 3 nitrogen and oxygen atoms in total. The average molecular weight is 174 g/mol. The van der Waals surface area contributed by atoms with Crippen molar-refractivity contribution >= 4 is 0 Å². The molecule has 0 unspecified atom stereocenters. The molecule has 0 aliphatic heterocycles. The summed E-state index contributed by atoms with van der Waals surface area (Å²) < 4.78 is 6.45. The summed E-state index contributed by atoms with van der Waals surface area (Å²) >= 11 is 0. The minimum atomic E-state index is -0.335. The van der Waals surface area contributed by atoms with Crippen molar-refractivity contribution in [3.8, 4) is 5.69 Å². The van der Waals surface area contributed by atoms with Crippen molar-refractivity contribution in [1.29, 1.82) is 0 Å². The van der Waals surface area contributed by atoms with Gasteiger partial charge in [0.25, 0.3) is 5.69 Å². The second-order valence-corrected chi connectivity index (χ2v) is 2.57. The topological polar surface area (TPSA) is 34.1 Å². The summed E-state index contributed by atoms with van der Waals surface area (Å²) in [5, 5.41) is 0. The van der Waals surface area contributed by atoms with Crippen LogP contribution >= 0.6 is 0 Å². The van der Waals surface area contributed by atoms with Crippen LogP contribution in [0.3, 0.4) is 0 Å². The molecule has 2 rings (SSSR count). The van der Waals surface area contributed by atoms with E-state index in [-0.39, 0.29) is 5.63 Å². The first-order valence-corrected chi connectivity index (χ1v) is 3.92. The van der Waals surface area contributed by atoms with E-state index < -0.39 is 0 Å². The number of rotatable bonds is 1. The maximum Gasteiger partial charge on any atom is 0.408 e. The Morgan fingerprint density at radius 2 is 1.85 bits per heavy atom. The third kappa shape index (κ3) is 1.49. The van der Waals surface area contributed by atoms with E-state index in [1.54, 1.807) is 29.1 Å². The zero-order valence-electron chi connectivity index (χ0n) is 6.88. The van der Waals surface area contributed by atoms with E-state index in [2.05, 4.69) is 0 Å². The van der Waals surface area contributed by atoms with Gasteiger partial charge in [-0.25, -0.2) is 4.79 Å². The number of hydrogen-bond acceptors (Lipinski definition) is 2. The molecule has 13 heavy (non-hydrogen) atoms. The highest BCUT2D eigenvalue weighted by atomic mass is 16.4. The van der Waals surface area contributed by atoms with Gasteiger partial charge in [-0.2, -0.15) is 4.57 Å². The van der Waals surface area contributed by atoms with Gasteiger partial charge < -0.3 is 4.42 Å². The van der Waals surface area contributed by atoms with Gasteiger partial charge in [0.15, 0.2) is 12.4 Å². The molecule has 0 radical (unpaired) electrons. The molecule has 0 spiro atoms. The zero-order chi connectivity index (χ0) is 9.10. The second kappa shape index (κ2) is 3.23. The molecule has 0 saturated carbocycles. The second-order valence-electron chi connectivity index (χ2n) is 2.57. The minimum absolute atomic E-state index is 0.335. The fraction of sp³-hybridized carbons (Fsp3) is 0. The minimum Gasteiger partial charge on any atom is -0.427 e. The van der Waals surface area contributed by atoms with Gasteiger partial charge in [0.1, 0.15) is 0 Å². The standard InChI is InChI=1S/C10H8NO2/c12-10-9(5-4-8-13-10)11-6-2-1-3-7-11/h1-8H/q+1. The molecule has 0 N–H and O–H groups in total. The summed E-state index contributed by atoms with van der Waals surface area (Å²) in [4.78, 5) is 11.2. The SMILES string of the molecule is O=c1occcc1-[n+]1ccccc1. The Morgan fingerprint density at radius 3 is 2.54 bits per heavy atom. The van der Waals surface area contributed by atoms with Gasteiger partial charge >= 0.3 is 5.63 Å².